The molecule has 6 rings (SSSR count). The number of aromatic nitrogens is 5. The monoisotopic (exact) mass is 489 g/mol. The van der Waals surface area contributed by atoms with Crippen LogP contribution in [-0.4, -0.2) is 63.3 Å². The normalized spacial score (nSPS) is 18.3. The zero-order chi connectivity index (χ0) is 25.2. The van der Waals surface area contributed by atoms with Crippen molar-refractivity contribution in [1.82, 2.24) is 29.6 Å². The third-order valence-corrected chi connectivity index (χ3v) is 6.61. The molecule has 2 atom stereocenters. The Hall–Kier alpha value is -3.92. The van der Waals surface area contributed by atoms with Crippen LogP contribution in [0, 0.1) is 17.7 Å². The van der Waals surface area contributed by atoms with Crippen LogP contribution < -0.4 is 10.1 Å². The Labute approximate surface area is 208 Å². The van der Waals surface area contributed by atoms with Crippen LogP contribution in [0.25, 0.3) is 33.5 Å². The molecule has 3 aromatic heterocycles. The van der Waals surface area contributed by atoms with Gasteiger partial charge in [0, 0.05) is 43.0 Å². The average Bonchev–Trinajstić information content (AvgIpc) is 3.29. The molecule has 10 heteroatoms. The number of fused-ring (bicyclic) bond motifs is 2. The Bertz CT molecular complexity index is 1380. The molecule has 1 aliphatic heterocycles. The Balaban J connectivity index is 0.000000323. The summed E-state index contributed by atoms with van der Waals surface area (Å²) in [5, 5.41) is 7.15. The fourth-order valence-electron chi connectivity index (χ4n) is 4.69. The number of methoxy groups -OCH3 is 1. The van der Waals surface area contributed by atoms with E-state index in [9.17, 15) is 9.18 Å². The summed E-state index contributed by atoms with van der Waals surface area (Å²) in [7, 11) is 3.70. The van der Waals surface area contributed by atoms with E-state index in [0.29, 0.717) is 41.1 Å². The van der Waals surface area contributed by atoms with Gasteiger partial charge in [-0.2, -0.15) is 5.10 Å². The molecule has 0 radical (unpaired) electrons. The van der Waals surface area contributed by atoms with E-state index in [2.05, 4.69) is 37.3 Å². The predicted molar refractivity (Wildman–Crippen MR) is 135 cm³/mol. The Morgan fingerprint density at radius 3 is 2.53 bits per heavy atom. The van der Waals surface area contributed by atoms with Gasteiger partial charge in [-0.3, -0.25) is 9.48 Å². The van der Waals surface area contributed by atoms with Crippen molar-refractivity contribution >= 4 is 23.3 Å². The Kier molecular flexibility index (Phi) is 6.60. The van der Waals surface area contributed by atoms with Crippen molar-refractivity contribution in [3.05, 3.63) is 48.7 Å². The lowest BCUT2D eigenvalue weighted by Crippen LogP contribution is -2.15. The van der Waals surface area contributed by atoms with Crippen LogP contribution >= 0.6 is 0 Å². The number of rotatable bonds is 6. The number of nitrogens with one attached hydrogen (secondary N) is 1. The number of halogens is 1. The van der Waals surface area contributed by atoms with E-state index in [0.717, 1.165) is 23.0 Å². The van der Waals surface area contributed by atoms with Gasteiger partial charge in [-0.1, -0.05) is 0 Å². The third-order valence-electron chi connectivity index (χ3n) is 6.61. The molecule has 1 amide bonds. The number of amides is 1. The van der Waals surface area contributed by atoms with Gasteiger partial charge in [0.1, 0.15) is 29.0 Å². The number of nitrogens with zero attached hydrogens (tertiary/aromatic N) is 6. The summed E-state index contributed by atoms with van der Waals surface area (Å²) < 4.78 is 20.4. The first kappa shape index (κ1) is 23.8. The lowest BCUT2D eigenvalue weighted by molar-refractivity contribution is -0.105. The highest BCUT2D eigenvalue weighted by molar-refractivity contribution is 5.95. The number of carbonyl (C=O) groups is 1. The molecule has 2 fully saturated rings. The molecule has 1 aromatic carbocycles. The summed E-state index contributed by atoms with van der Waals surface area (Å²) >= 11 is 0. The number of ether oxygens (including phenoxy) is 1. The molecule has 0 bridgehead atoms. The zero-order valence-corrected chi connectivity index (χ0v) is 20.5. The van der Waals surface area contributed by atoms with Gasteiger partial charge in [0.15, 0.2) is 11.6 Å². The van der Waals surface area contributed by atoms with Crippen LogP contribution in [0.5, 0.6) is 5.75 Å². The molecule has 4 heterocycles. The smallest absolute Gasteiger partial charge is 0.212 e. The third kappa shape index (κ3) is 4.76. The lowest BCUT2D eigenvalue weighted by Gasteiger charge is -2.10. The summed E-state index contributed by atoms with van der Waals surface area (Å²) in [5.41, 5.74) is 3.70. The highest BCUT2D eigenvalue weighted by Crippen LogP contribution is 2.44. The van der Waals surface area contributed by atoms with E-state index in [1.165, 1.54) is 45.1 Å². The molecule has 9 nitrogen and oxygen atoms in total. The first-order valence-electron chi connectivity index (χ1n) is 11.9. The van der Waals surface area contributed by atoms with Gasteiger partial charge in [-0.25, -0.2) is 19.3 Å². The molecular weight excluding hydrogens is 461 g/mol. The van der Waals surface area contributed by atoms with Gasteiger partial charge < -0.3 is 15.0 Å². The van der Waals surface area contributed by atoms with Gasteiger partial charge in [0.25, 0.3) is 0 Å². The molecule has 0 spiro atoms. The molecule has 4 aromatic rings. The van der Waals surface area contributed by atoms with Crippen LogP contribution in [0.15, 0.2) is 42.9 Å². The van der Waals surface area contributed by atoms with Crippen molar-refractivity contribution in [3.63, 3.8) is 0 Å². The number of aryl methyl sites for hydroxylation is 1. The van der Waals surface area contributed by atoms with E-state index in [1.54, 1.807) is 22.9 Å². The fourth-order valence-corrected chi connectivity index (χ4v) is 4.69. The quantitative estimate of drug-likeness (QED) is 0.411. The highest BCUT2D eigenvalue weighted by atomic mass is 19.1. The molecule has 1 aliphatic carbocycles. The van der Waals surface area contributed by atoms with Crippen molar-refractivity contribution in [3.8, 4) is 28.3 Å². The van der Waals surface area contributed by atoms with Crippen molar-refractivity contribution < 1.29 is 13.9 Å². The number of anilines is 1. The topological polar surface area (TPSA) is 98.1 Å². The van der Waals surface area contributed by atoms with E-state index >= 15 is 0 Å². The van der Waals surface area contributed by atoms with Gasteiger partial charge >= 0.3 is 0 Å². The molecule has 2 unspecified atom stereocenters. The summed E-state index contributed by atoms with van der Waals surface area (Å²) in [4.78, 5) is 26.6. The van der Waals surface area contributed by atoms with E-state index in [-0.39, 0.29) is 11.6 Å². The standard InChI is InChI=1S/C20H17FN6O2.C6H11N/c1-3-27-9-14(17(26-27)12-4-6-13(21)7-5-12)18-19-15(22-10-23-18)8-16(29-2)20(25-19)24-11-28;1-7-3-5-2-6(5)4-7/h4-11H,3H2,1-2H3,(H,24,25,28);5-6H,2-4H2,1H3. The van der Waals surface area contributed by atoms with Gasteiger partial charge in [0.2, 0.25) is 6.41 Å². The number of hydrogen-bond acceptors (Lipinski definition) is 7. The Morgan fingerprint density at radius 1 is 1.17 bits per heavy atom. The number of carbonyl (C=O) groups excluding carboxylic acids is 1. The number of benzene rings is 1. The van der Waals surface area contributed by atoms with Crippen LogP contribution in [-0.2, 0) is 11.3 Å². The molecule has 1 saturated heterocycles. The number of piperidine rings is 1. The number of likely N-dealkylation sites (tertiary alicyclic amines) is 1. The molecular formula is C26H28FN7O2. The van der Waals surface area contributed by atoms with Crippen LogP contribution in [0.1, 0.15) is 13.3 Å². The van der Waals surface area contributed by atoms with Crippen LogP contribution in [0.4, 0.5) is 10.2 Å². The van der Waals surface area contributed by atoms with Gasteiger partial charge in [0.05, 0.1) is 12.6 Å². The summed E-state index contributed by atoms with van der Waals surface area (Å²) in [6.45, 7) is 5.38. The SMILES string of the molecule is CCn1cc(-c2ncnc3cc(OC)c(NC=O)nc23)c(-c2ccc(F)cc2)n1.CN1CC2CC2C1. The average molecular weight is 490 g/mol. The molecule has 186 valence electrons. The molecule has 2 aliphatic rings. The maximum absolute atomic E-state index is 13.4. The summed E-state index contributed by atoms with van der Waals surface area (Å²) in [6.07, 6.45) is 5.35. The molecule has 1 saturated carbocycles. The maximum atomic E-state index is 13.4. The first-order chi connectivity index (χ1) is 17.5. The second-order valence-corrected chi connectivity index (χ2v) is 9.12. The van der Waals surface area contributed by atoms with Crippen molar-refractivity contribution in [1.29, 1.82) is 0 Å². The second-order valence-electron chi connectivity index (χ2n) is 9.12. The fraction of sp³-hybridized carbons (Fsp3) is 0.346. The zero-order valence-electron chi connectivity index (χ0n) is 20.5. The van der Waals surface area contributed by atoms with Gasteiger partial charge in [-0.15, -0.1) is 0 Å². The van der Waals surface area contributed by atoms with Crippen molar-refractivity contribution in [2.75, 3.05) is 32.6 Å². The van der Waals surface area contributed by atoms with Crippen LogP contribution in [0.3, 0.4) is 0 Å². The minimum Gasteiger partial charge on any atom is -0.493 e. The van der Waals surface area contributed by atoms with E-state index < -0.39 is 0 Å². The largest absolute Gasteiger partial charge is 0.493 e. The molecule has 1 N–H and O–H groups in total. The predicted octanol–water partition coefficient (Wildman–Crippen LogP) is 3.86. The van der Waals surface area contributed by atoms with E-state index in [4.69, 9.17) is 4.74 Å². The minimum atomic E-state index is -0.323. The first-order valence-corrected chi connectivity index (χ1v) is 11.9. The molecule has 36 heavy (non-hydrogen) atoms. The number of pyridine rings is 1. The highest BCUT2D eigenvalue weighted by Gasteiger charge is 2.43. The second kappa shape index (κ2) is 9.98. The lowest BCUT2D eigenvalue weighted by atomic mass is 10.0. The van der Waals surface area contributed by atoms with Crippen LogP contribution in [0.2, 0.25) is 0 Å². The summed E-state index contributed by atoms with van der Waals surface area (Å²) in [5.74, 6) is 2.56. The number of hydrogen-bond donors (Lipinski definition) is 1. The summed E-state index contributed by atoms with van der Waals surface area (Å²) in [6, 6.07) is 7.79. The van der Waals surface area contributed by atoms with Gasteiger partial charge in [-0.05, 0) is 56.5 Å². The van der Waals surface area contributed by atoms with E-state index in [1.807, 2.05) is 13.1 Å². The van der Waals surface area contributed by atoms with Crippen molar-refractivity contribution in [2.45, 2.75) is 19.9 Å². The van der Waals surface area contributed by atoms with Crippen molar-refractivity contribution in [2.24, 2.45) is 11.8 Å². The maximum Gasteiger partial charge on any atom is 0.212 e. The Morgan fingerprint density at radius 2 is 1.92 bits per heavy atom. The minimum absolute atomic E-state index is 0.261.